The summed E-state index contributed by atoms with van der Waals surface area (Å²) in [6, 6.07) is 0. The molecule has 4 amide bonds. The highest BCUT2D eigenvalue weighted by molar-refractivity contribution is 5.83. The van der Waals surface area contributed by atoms with Gasteiger partial charge in [0.2, 0.25) is 11.8 Å². The zero-order valence-corrected chi connectivity index (χ0v) is 19.9. The second kappa shape index (κ2) is 11.2. The van der Waals surface area contributed by atoms with Gasteiger partial charge in [-0.25, -0.2) is 9.59 Å². The molecule has 178 valence electrons. The van der Waals surface area contributed by atoms with Gasteiger partial charge in [-0.15, -0.1) is 0 Å². The van der Waals surface area contributed by atoms with Gasteiger partial charge in [0.15, 0.2) is 0 Å². The van der Waals surface area contributed by atoms with Gasteiger partial charge in [-0.3, -0.25) is 19.4 Å². The van der Waals surface area contributed by atoms with Crippen LogP contribution in [0.15, 0.2) is 0 Å². The molecule has 1 N–H and O–H groups in total. The van der Waals surface area contributed by atoms with Gasteiger partial charge in [-0.2, -0.15) is 0 Å². The molecule has 10 heteroatoms. The summed E-state index contributed by atoms with van der Waals surface area (Å²) in [4.78, 5) is 50.7. The number of hydrogen-bond donors (Lipinski definition) is 1. The minimum Gasteiger partial charge on any atom is -0.444 e. The smallest absolute Gasteiger partial charge is 0.410 e. The van der Waals surface area contributed by atoms with E-state index in [1.165, 1.54) is 9.80 Å². The van der Waals surface area contributed by atoms with Crippen LogP contribution in [0.5, 0.6) is 0 Å². The van der Waals surface area contributed by atoms with Crippen molar-refractivity contribution in [2.24, 2.45) is 0 Å². The number of hydrogen-bond acceptors (Lipinski definition) is 6. The molecule has 2 rings (SSSR count). The van der Waals surface area contributed by atoms with E-state index in [0.29, 0.717) is 26.2 Å². The summed E-state index contributed by atoms with van der Waals surface area (Å²) >= 11 is 0. The van der Waals surface area contributed by atoms with Crippen molar-refractivity contribution in [3.8, 4) is 0 Å². The lowest BCUT2D eigenvalue weighted by Gasteiger charge is -2.25. The lowest BCUT2D eigenvalue weighted by atomic mass is 10.2. The molecule has 0 atom stereocenters. The van der Waals surface area contributed by atoms with Crippen molar-refractivity contribution < 1.29 is 28.7 Å². The van der Waals surface area contributed by atoms with E-state index in [1.54, 1.807) is 11.9 Å². The lowest BCUT2D eigenvalue weighted by molar-refractivity contribution is -0.129. The highest BCUT2D eigenvalue weighted by Gasteiger charge is 2.27. The average molecular weight is 443 g/mol. The molecule has 0 aromatic carbocycles. The molecule has 2 heterocycles. The van der Waals surface area contributed by atoms with Crippen LogP contribution in [-0.2, 0) is 19.1 Å². The first kappa shape index (κ1) is 26.5. The minimum atomic E-state index is -0.516. The summed E-state index contributed by atoms with van der Waals surface area (Å²) in [5.74, 6) is -0.165. The Labute approximate surface area is 185 Å². The zero-order valence-electron chi connectivity index (χ0n) is 19.9. The Morgan fingerprint density at radius 2 is 1.29 bits per heavy atom. The van der Waals surface area contributed by atoms with E-state index >= 15 is 0 Å². The van der Waals surface area contributed by atoms with Gasteiger partial charge in [-0.05, 0) is 54.4 Å². The number of ether oxygens (including phenoxy) is 2. The third-order valence-electron chi connectivity index (χ3n) is 4.24. The van der Waals surface area contributed by atoms with E-state index in [-0.39, 0.29) is 24.9 Å². The minimum absolute atomic E-state index is 0.0386. The van der Waals surface area contributed by atoms with Gasteiger partial charge in [-0.1, -0.05) is 0 Å². The molecule has 0 spiro atoms. The van der Waals surface area contributed by atoms with Crippen molar-refractivity contribution >= 4 is 24.0 Å². The maximum absolute atomic E-state index is 11.8. The van der Waals surface area contributed by atoms with Crippen LogP contribution < -0.4 is 5.32 Å². The maximum Gasteiger partial charge on any atom is 0.410 e. The monoisotopic (exact) mass is 442 g/mol. The van der Waals surface area contributed by atoms with E-state index in [0.717, 1.165) is 12.8 Å². The van der Waals surface area contributed by atoms with Crippen LogP contribution in [0, 0.1) is 0 Å². The molecule has 0 unspecified atom stereocenters. The first-order valence-corrected chi connectivity index (χ1v) is 10.6. The van der Waals surface area contributed by atoms with Gasteiger partial charge >= 0.3 is 12.2 Å². The van der Waals surface area contributed by atoms with Gasteiger partial charge in [0.05, 0.1) is 0 Å². The molecule has 0 bridgehead atoms. The first-order valence-electron chi connectivity index (χ1n) is 10.6. The van der Waals surface area contributed by atoms with Gasteiger partial charge in [0, 0.05) is 33.2 Å². The normalized spacial score (nSPS) is 18.2. The molecule has 2 saturated heterocycles. The lowest BCUT2D eigenvalue weighted by Crippen LogP contribution is -2.41. The molecule has 2 aliphatic rings. The number of nitrogens with one attached hydrogen (secondary N) is 1. The van der Waals surface area contributed by atoms with Crippen LogP contribution in [0.2, 0.25) is 0 Å². The highest BCUT2D eigenvalue weighted by Crippen LogP contribution is 2.12. The summed E-state index contributed by atoms with van der Waals surface area (Å²) < 4.78 is 10.4. The molecular formula is C21H38N4O6. The van der Waals surface area contributed by atoms with E-state index < -0.39 is 23.4 Å². The summed E-state index contributed by atoms with van der Waals surface area (Å²) in [6.07, 6.45) is 0.739. The van der Waals surface area contributed by atoms with Crippen LogP contribution in [0.3, 0.4) is 0 Å². The standard InChI is InChI=1S/C11H20N2O3.C10H18N2O3/c1-11(2,3)16-10(15)13-7-5-6-12(4)9(14)8-13;1-10(2,3)15-9(14)12-6-4-5-11-8(13)7-12/h5-8H2,1-4H3;4-7H2,1-3H3,(H,11,13). The fourth-order valence-electron chi connectivity index (χ4n) is 2.76. The van der Waals surface area contributed by atoms with Crippen molar-refractivity contribution in [2.45, 2.75) is 65.6 Å². The third kappa shape index (κ3) is 10.9. The molecule has 0 aromatic rings. The topological polar surface area (TPSA) is 108 Å². The number of carbonyl (C=O) groups is 4. The third-order valence-corrected chi connectivity index (χ3v) is 4.24. The molecule has 31 heavy (non-hydrogen) atoms. The van der Waals surface area contributed by atoms with Crippen molar-refractivity contribution in [2.75, 3.05) is 46.3 Å². The van der Waals surface area contributed by atoms with Crippen LogP contribution in [0.1, 0.15) is 54.4 Å². The fourth-order valence-corrected chi connectivity index (χ4v) is 2.76. The Morgan fingerprint density at radius 3 is 1.81 bits per heavy atom. The van der Waals surface area contributed by atoms with Gasteiger partial charge in [0.25, 0.3) is 0 Å². The number of rotatable bonds is 0. The van der Waals surface area contributed by atoms with E-state index in [2.05, 4.69) is 5.32 Å². The molecule has 2 fully saturated rings. The summed E-state index contributed by atoms with van der Waals surface area (Å²) in [7, 11) is 1.75. The second-order valence-corrected chi connectivity index (χ2v) is 9.68. The molecule has 0 aliphatic carbocycles. The largest absolute Gasteiger partial charge is 0.444 e. The van der Waals surface area contributed by atoms with E-state index in [1.807, 2.05) is 41.5 Å². The Kier molecular flexibility index (Phi) is 9.58. The molecule has 0 aromatic heterocycles. The highest BCUT2D eigenvalue weighted by atomic mass is 16.6. The van der Waals surface area contributed by atoms with Crippen LogP contribution >= 0.6 is 0 Å². The van der Waals surface area contributed by atoms with Crippen molar-refractivity contribution in [1.29, 1.82) is 0 Å². The molecule has 0 saturated carbocycles. The Hall–Kier alpha value is -2.52. The summed E-state index contributed by atoms with van der Waals surface area (Å²) in [6.45, 7) is 13.5. The quantitative estimate of drug-likeness (QED) is 0.613. The zero-order chi connectivity index (χ0) is 23.8. The van der Waals surface area contributed by atoms with Crippen molar-refractivity contribution in [1.82, 2.24) is 20.0 Å². The first-order chi connectivity index (χ1) is 14.2. The van der Waals surface area contributed by atoms with Crippen LogP contribution in [0.4, 0.5) is 9.59 Å². The number of likely N-dealkylation sites (N-methyl/N-ethyl adjacent to an activating group) is 1. The maximum atomic E-state index is 11.8. The van der Waals surface area contributed by atoms with Crippen LogP contribution in [0.25, 0.3) is 0 Å². The van der Waals surface area contributed by atoms with Crippen molar-refractivity contribution in [3.05, 3.63) is 0 Å². The van der Waals surface area contributed by atoms with Gasteiger partial charge in [0.1, 0.15) is 24.3 Å². The fraction of sp³-hybridized carbons (Fsp3) is 0.810. The average Bonchev–Trinajstić information content (AvgIpc) is 2.91. The predicted octanol–water partition coefficient (Wildman–Crippen LogP) is 1.83. The van der Waals surface area contributed by atoms with E-state index in [9.17, 15) is 19.2 Å². The second-order valence-electron chi connectivity index (χ2n) is 9.68. The van der Waals surface area contributed by atoms with E-state index in [4.69, 9.17) is 9.47 Å². The Bertz CT molecular complexity index is 653. The molecular weight excluding hydrogens is 404 g/mol. The summed E-state index contributed by atoms with van der Waals surface area (Å²) in [5, 5.41) is 2.70. The van der Waals surface area contributed by atoms with Gasteiger partial charge < -0.3 is 19.7 Å². The summed E-state index contributed by atoms with van der Waals surface area (Å²) in [5.41, 5.74) is -1.03. The van der Waals surface area contributed by atoms with Crippen molar-refractivity contribution in [3.63, 3.8) is 0 Å². The Balaban J connectivity index is 0.000000311. The molecule has 2 aliphatic heterocycles. The Morgan fingerprint density at radius 1 is 0.806 bits per heavy atom. The number of carbonyl (C=O) groups excluding carboxylic acids is 4. The number of amides is 4. The molecule has 0 radical (unpaired) electrons. The predicted molar refractivity (Wildman–Crippen MR) is 115 cm³/mol. The van der Waals surface area contributed by atoms with Crippen LogP contribution in [-0.4, -0.2) is 96.2 Å². The SMILES string of the molecule is CC(C)(C)OC(=O)N1CCCNC(=O)C1.CN1CCCN(C(=O)OC(C)(C)C)CC1=O. The molecule has 10 nitrogen and oxygen atoms in total. The number of nitrogens with zero attached hydrogens (tertiary/aromatic N) is 3.